The van der Waals surface area contributed by atoms with Gasteiger partial charge in [-0.15, -0.1) is 0 Å². The molecule has 0 fully saturated rings. The molecule has 0 aromatic heterocycles. The zero-order valence-corrected chi connectivity index (χ0v) is 12.2. The van der Waals surface area contributed by atoms with Crippen LogP contribution in [0.4, 0.5) is 0 Å². The molecule has 1 aromatic rings. The van der Waals surface area contributed by atoms with E-state index in [4.69, 9.17) is 9.47 Å². The van der Waals surface area contributed by atoms with Gasteiger partial charge in [0.1, 0.15) is 13.2 Å². The van der Waals surface area contributed by atoms with Crippen molar-refractivity contribution in [3.8, 4) is 11.5 Å². The Morgan fingerprint density at radius 1 is 1.15 bits per heavy atom. The molecule has 1 aliphatic heterocycles. The van der Waals surface area contributed by atoms with Crippen LogP contribution in [0.2, 0.25) is 0 Å². The molecule has 1 aliphatic rings. The molecular weight excluding hydrogens is 254 g/mol. The van der Waals surface area contributed by atoms with Gasteiger partial charge < -0.3 is 20.1 Å². The summed E-state index contributed by atoms with van der Waals surface area (Å²) in [5.41, 5.74) is 1.23. The quantitative estimate of drug-likeness (QED) is 0.634. The summed E-state index contributed by atoms with van der Waals surface area (Å²) in [6.45, 7) is 5.16. The molecule has 0 spiro atoms. The second kappa shape index (κ2) is 7.62. The van der Waals surface area contributed by atoms with Crippen LogP contribution >= 0.6 is 0 Å². The Bertz CT molecular complexity index is 460. The van der Waals surface area contributed by atoms with Crippen LogP contribution in [0.25, 0.3) is 0 Å². The van der Waals surface area contributed by atoms with Gasteiger partial charge >= 0.3 is 0 Å². The number of rotatable bonds is 5. The highest BCUT2D eigenvalue weighted by Crippen LogP contribution is 2.30. The molecule has 5 heteroatoms. The predicted octanol–water partition coefficient (Wildman–Crippen LogP) is 1.58. The molecule has 1 aromatic carbocycles. The summed E-state index contributed by atoms with van der Waals surface area (Å²) in [4.78, 5) is 4.18. The molecule has 2 N–H and O–H groups in total. The van der Waals surface area contributed by atoms with Gasteiger partial charge in [-0.1, -0.05) is 13.0 Å². The van der Waals surface area contributed by atoms with Crippen molar-refractivity contribution in [2.45, 2.75) is 19.8 Å². The topological polar surface area (TPSA) is 54.9 Å². The van der Waals surface area contributed by atoms with Crippen molar-refractivity contribution in [3.63, 3.8) is 0 Å². The van der Waals surface area contributed by atoms with Crippen LogP contribution < -0.4 is 20.1 Å². The van der Waals surface area contributed by atoms with E-state index in [0.29, 0.717) is 13.2 Å². The van der Waals surface area contributed by atoms with Gasteiger partial charge in [0, 0.05) is 20.1 Å². The lowest BCUT2D eigenvalue weighted by Crippen LogP contribution is -2.38. The van der Waals surface area contributed by atoms with Crippen molar-refractivity contribution in [2.75, 3.05) is 33.4 Å². The second-order valence-corrected chi connectivity index (χ2v) is 4.65. The monoisotopic (exact) mass is 277 g/mol. The van der Waals surface area contributed by atoms with E-state index in [1.54, 1.807) is 7.05 Å². The number of hydrogen-bond acceptors (Lipinski definition) is 3. The zero-order chi connectivity index (χ0) is 14.2. The lowest BCUT2D eigenvalue weighted by Gasteiger charge is -2.19. The summed E-state index contributed by atoms with van der Waals surface area (Å²) < 4.78 is 11.1. The Kier molecular flexibility index (Phi) is 5.53. The fourth-order valence-corrected chi connectivity index (χ4v) is 2.03. The standard InChI is InChI=1S/C15H23N3O2/c1-3-7-17-15(16-2)18-8-6-12-4-5-13-14(11-12)20-10-9-19-13/h4-5,11H,3,6-10H2,1-2H3,(H2,16,17,18). The van der Waals surface area contributed by atoms with Gasteiger partial charge in [-0.2, -0.15) is 0 Å². The summed E-state index contributed by atoms with van der Waals surface area (Å²) in [6, 6.07) is 6.11. The van der Waals surface area contributed by atoms with E-state index in [0.717, 1.165) is 43.4 Å². The van der Waals surface area contributed by atoms with E-state index in [1.807, 2.05) is 6.07 Å². The average molecular weight is 277 g/mol. The number of nitrogens with one attached hydrogen (secondary N) is 2. The molecule has 0 amide bonds. The number of hydrogen-bond donors (Lipinski definition) is 2. The van der Waals surface area contributed by atoms with Gasteiger partial charge in [0.25, 0.3) is 0 Å². The Labute approximate surface area is 120 Å². The molecule has 0 unspecified atom stereocenters. The first-order chi connectivity index (χ1) is 9.83. The van der Waals surface area contributed by atoms with E-state index < -0.39 is 0 Å². The van der Waals surface area contributed by atoms with Gasteiger partial charge in [-0.05, 0) is 30.5 Å². The molecule has 110 valence electrons. The second-order valence-electron chi connectivity index (χ2n) is 4.65. The fourth-order valence-electron chi connectivity index (χ4n) is 2.03. The maximum Gasteiger partial charge on any atom is 0.190 e. The summed E-state index contributed by atoms with van der Waals surface area (Å²) in [5.74, 6) is 2.54. The molecule has 20 heavy (non-hydrogen) atoms. The molecule has 0 radical (unpaired) electrons. The van der Waals surface area contributed by atoms with Crippen molar-refractivity contribution >= 4 is 5.96 Å². The van der Waals surface area contributed by atoms with Crippen LogP contribution in [0.5, 0.6) is 11.5 Å². The molecule has 2 rings (SSSR count). The SMILES string of the molecule is CCCNC(=NC)NCCc1ccc2c(c1)OCCO2. The molecule has 0 saturated carbocycles. The third kappa shape index (κ3) is 4.05. The summed E-state index contributed by atoms with van der Waals surface area (Å²) >= 11 is 0. The van der Waals surface area contributed by atoms with Gasteiger partial charge in [-0.25, -0.2) is 0 Å². The van der Waals surface area contributed by atoms with Crippen molar-refractivity contribution in [1.82, 2.24) is 10.6 Å². The van der Waals surface area contributed by atoms with E-state index in [1.165, 1.54) is 5.56 Å². The molecule has 0 bridgehead atoms. The normalized spacial score (nSPS) is 14.0. The number of nitrogens with zero attached hydrogens (tertiary/aromatic N) is 1. The van der Waals surface area contributed by atoms with Crippen LogP contribution in [-0.4, -0.2) is 39.3 Å². The van der Waals surface area contributed by atoms with Crippen LogP contribution in [-0.2, 0) is 6.42 Å². The first kappa shape index (κ1) is 14.5. The minimum absolute atomic E-state index is 0.627. The van der Waals surface area contributed by atoms with Gasteiger partial charge in [0.2, 0.25) is 0 Å². The third-order valence-corrected chi connectivity index (χ3v) is 3.08. The summed E-state index contributed by atoms with van der Waals surface area (Å²) in [5, 5.41) is 6.55. The predicted molar refractivity (Wildman–Crippen MR) is 80.8 cm³/mol. The highest BCUT2D eigenvalue weighted by molar-refractivity contribution is 5.79. The van der Waals surface area contributed by atoms with Crippen molar-refractivity contribution in [1.29, 1.82) is 0 Å². The van der Waals surface area contributed by atoms with Gasteiger partial charge in [-0.3, -0.25) is 4.99 Å². The van der Waals surface area contributed by atoms with Crippen LogP contribution in [0.15, 0.2) is 23.2 Å². The lowest BCUT2D eigenvalue weighted by atomic mass is 10.1. The number of benzene rings is 1. The largest absolute Gasteiger partial charge is 0.486 e. The highest BCUT2D eigenvalue weighted by atomic mass is 16.6. The maximum absolute atomic E-state index is 5.58. The molecule has 1 heterocycles. The third-order valence-electron chi connectivity index (χ3n) is 3.08. The smallest absolute Gasteiger partial charge is 0.190 e. The summed E-state index contributed by atoms with van der Waals surface area (Å²) in [7, 11) is 1.79. The van der Waals surface area contributed by atoms with Crippen LogP contribution in [0.1, 0.15) is 18.9 Å². The highest BCUT2D eigenvalue weighted by Gasteiger charge is 2.11. The van der Waals surface area contributed by atoms with Gasteiger partial charge in [0.15, 0.2) is 17.5 Å². The Morgan fingerprint density at radius 2 is 1.90 bits per heavy atom. The van der Waals surface area contributed by atoms with E-state index in [2.05, 4.69) is 34.7 Å². The number of aliphatic imine (C=N–C) groups is 1. The van der Waals surface area contributed by atoms with Crippen LogP contribution in [0.3, 0.4) is 0 Å². The van der Waals surface area contributed by atoms with Crippen molar-refractivity contribution in [3.05, 3.63) is 23.8 Å². The number of guanidine groups is 1. The lowest BCUT2D eigenvalue weighted by molar-refractivity contribution is 0.171. The Hall–Kier alpha value is -1.91. The Morgan fingerprint density at radius 3 is 2.65 bits per heavy atom. The van der Waals surface area contributed by atoms with Crippen molar-refractivity contribution < 1.29 is 9.47 Å². The molecular formula is C15H23N3O2. The molecule has 0 saturated heterocycles. The minimum atomic E-state index is 0.627. The molecule has 5 nitrogen and oxygen atoms in total. The fraction of sp³-hybridized carbons (Fsp3) is 0.533. The molecule has 0 aliphatic carbocycles. The Balaban J connectivity index is 1.82. The number of ether oxygens (including phenoxy) is 2. The minimum Gasteiger partial charge on any atom is -0.486 e. The maximum atomic E-state index is 5.58. The number of fused-ring (bicyclic) bond motifs is 1. The summed E-state index contributed by atoms with van der Waals surface area (Å²) in [6.07, 6.45) is 2.01. The van der Waals surface area contributed by atoms with Gasteiger partial charge in [0.05, 0.1) is 0 Å². The first-order valence-electron chi connectivity index (χ1n) is 7.16. The molecule has 0 atom stereocenters. The zero-order valence-electron chi connectivity index (χ0n) is 12.2. The van der Waals surface area contributed by atoms with Crippen LogP contribution in [0, 0.1) is 0 Å². The van der Waals surface area contributed by atoms with E-state index in [-0.39, 0.29) is 0 Å². The van der Waals surface area contributed by atoms with Crippen molar-refractivity contribution in [2.24, 2.45) is 4.99 Å². The van der Waals surface area contributed by atoms with E-state index in [9.17, 15) is 0 Å². The van der Waals surface area contributed by atoms with E-state index >= 15 is 0 Å². The first-order valence-corrected chi connectivity index (χ1v) is 7.16. The average Bonchev–Trinajstić information content (AvgIpc) is 2.50.